The topological polar surface area (TPSA) is 0 Å². The van der Waals surface area contributed by atoms with Gasteiger partial charge in [-0.2, -0.15) is 0 Å². The Balaban J connectivity index is 2.74. The predicted molar refractivity (Wildman–Crippen MR) is 75.1 cm³/mol. The minimum atomic E-state index is -0.995. The standard InChI is InChI=1S/C14H26NSi/c1-6-15(2,13-16(3,4)5)12-14-10-8-7-9-11-14/h7-11H,6,12-13H2,1-5H3/q+1. The lowest BCUT2D eigenvalue weighted by Crippen LogP contribution is -2.52. The van der Waals surface area contributed by atoms with E-state index in [1.165, 1.54) is 29.3 Å². The van der Waals surface area contributed by atoms with E-state index >= 15 is 0 Å². The summed E-state index contributed by atoms with van der Waals surface area (Å²) in [5, 5.41) is 0. The molecule has 0 heterocycles. The zero-order valence-corrected chi connectivity index (χ0v) is 12.5. The van der Waals surface area contributed by atoms with Gasteiger partial charge < -0.3 is 4.48 Å². The second kappa shape index (κ2) is 5.15. The summed E-state index contributed by atoms with van der Waals surface area (Å²) in [6.45, 7) is 12.1. The van der Waals surface area contributed by atoms with E-state index in [0.717, 1.165) is 0 Å². The number of quaternary nitrogens is 1. The second-order valence-electron chi connectivity index (χ2n) is 6.30. The van der Waals surface area contributed by atoms with Gasteiger partial charge in [-0.15, -0.1) is 0 Å². The molecule has 0 N–H and O–H groups in total. The lowest BCUT2D eigenvalue weighted by atomic mass is 10.2. The molecule has 0 spiro atoms. The minimum absolute atomic E-state index is 0.995. The van der Waals surface area contributed by atoms with Crippen molar-refractivity contribution < 1.29 is 4.48 Å². The van der Waals surface area contributed by atoms with Gasteiger partial charge in [0.1, 0.15) is 14.6 Å². The molecule has 0 fully saturated rings. The molecule has 16 heavy (non-hydrogen) atoms. The summed E-state index contributed by atoms with van der Waals surface area (Å²) in [7, 11) is 1.40. The van der Waals surface area contributed by atoms with E-state index in [0.29, 0.717) is 0 Å². The maximum Gasteiger partial charge on any atom is 0.110 e. The summed E-state index contributed by atoms with van der Waals surface area (Å²) in [4.78, 5) is 0. The van der Waals surface area contributed by atoms with Gasteiger partial charge in [-0.1, -0.05) is 50.0 Å². The second-order valence-corrected chi connectivity index (χ2v) is 11.7. The van der Waals surface area contributed by atoms with Crippen LogP contribution in [-0.4, -0.2) is 32.3 Å². The van der Waals surface area contributed by atoms with Gasteiger partial charge in [-0.3, -0.25) is 0 Å². The Morgan fingerprint density at radius 3 is 2.06 bits per heavy atom. The van der Waals surface area contributed by atoms with E-state index in [2.05, 4.69) is 63.9 Å². The van der Waals surface area contributed by atoms with Gasteiger partial charge in [0.15, 0.2) is 0 Å². The predicted octanol–water partition coefficient (Wildman–Crippen LogP) is 3.53. The van der Waals surface area contributed by atoms with E-state index in [4.69, 9.17) is 0 Å². The Morgan fingerprint density at radius 2 is 1.62 bits per heavy atom. The van der Waals surface area contributed by atoms with Gasteiger partial charge in [0, 0.05) is 5.56 Å². The first-order valence-electron chi connectivity index (χ1n) is 6.22. The molecule has 1 unspecified atom stereocenters. The van der Waals surface area contributed by atoms with Crippen LogP contribution >= 0.6 is 0 Å². The van der Waals surface area contributed by atoms with Crippen molar-refractivity contribution in [1.29, 1.82) is 0 Å². The van der Waals surface area contributed by atoms with E-state index < -0.39 is 8.07 Å². The Hall–Kier alpha value is -0.603. The first kappa shape index (κ1) is 13.5. The molecule has 0 saturated heterocycles. The largest absolute Gasteiger partial charge is 0.326 e. The molecule has 1 nitrogen and oxygen atoms in total. The monoisotopic (exact) mass is 236 g/mol. The average Bonchev–Trinajstić information content (AvgIpc) is 2.16. The van der Waals surface area contributed by atoms with Gasteiger partial charge in [-0.25, -0.2) is 0 Å². The average molecular weight is 236 g/mol. The summed E-state index contributed by atoms with van der Waals surface area (Å²) in [6, 6.07) is 10.9. The van der Waals surface area contributed by atoms with Crippen molar-refractivity contribution in [3.63, 3.8) is 0 Å². The molecule has 1 atom stereocenters. The summed E-state index contributed by atoms with van der Waals surface area (Å²) in [5.74, 6) is 0. The Kier molecular flexibility index (Phi) is 4.33. The van der Waals surface area contributed by atoms with Gasteiger partial charge in [0.25, 0.3) is 0 Å². The zero-order chi connectivity index (χ0) is 12.2. The fraction of sp³-hybridized carbons (Fsp3) is 0.571. The molecular weight excluding hydrogens is 210 g/mol. The van der Waals surface area contributed by atoms with Gasteiger partial charge >= 0.3 is 0 Å². The highest BCUT2D eigenvalue weighted by molar-refractivity contribution is 6.75. The van der Waals surface area contributed by atoms with Crippen molar-refractivity contribution in [2.45, 2.75) is 33.1 Å². The van der Waals surface area contributed by atoms with Crippen molar-refractivity contribution in [1.82, 2.24) is 0 Å². The Bertz CT molecular complexity index is 315. The molecule has 1 aromatic rings. The number of benzene rings is 1. The molecule has 2 heteroatoms. The van der Waals surface area contributed by atoms with Crippen molar-refractivity contribution >= 4 is 8.07 Å². The summed E-state index contributed by atoms with van der Waals surface area (Å²) >= 11 is 0. The zero-order valence-electron chi connectivity index (χ0n) is 11.5. The normalized spacial score (nSPS) is 15.8. The van der Waals surface area contributed by atoms with Crippen LogP contribution in [-0.2, 0) is 6.54 Å². The fourth-order valence-corrected chi connectivity index (χ4v) is 5.07. The molecule has 1 aromatic carbocycles. The van der Waals surface area contributed by atoms with Crippen LogP contribution in [0.15, 0.2) is 30.3 Å². The van der Waals surface area contributed by atoms with Crippen molar-refractivity contribution in [3.05, 3.63) is 35.9 Å². The van der Waals surface area contributed by atoms with Crippen molar-refractivity contribution in [3.8, 4) is 0 Å². The molecule has 0 aromatic heterocycles. The number of hydrogen-bond acceptors (Lipinski definition) is 0. The molecule has 0 aliphatic heterocycles. The smallest absolute Gasteiger partial charge is 0.110 e. The highest BCUT2D eigenvalue weighted by Crippen LogP contribution is 2.16. The summed E-state index contributed by atoms with van der Waals surface area (Å²) in [6.07, 6.45) is 1.36. The van der Waals surface area contributed by atoms with E-state index in [-0.39, 0.29) is 0 Å². The fourth-order valence-electron chi connectivity index (χ4n) is 2.45. The lowest BCUT2D eigenvalue weighted by Gasteiger charge is -2.38. The molecule has 0 radical (unpaired) electrons. The number of hydrogen-bond donors (Lipinski definition) is 0. The Labute approximate surface area is 102 Å². The van der Waals surface area contributed by atoms with Crippen LogP contribution in [0.3, 0.4) is 0 Å². The minimum Gasteiger partial charge on any atom is -0.326 e. The van der Waals surface area contributed by atoms with Crippen LogP contribution in [0.1, 0.15) is 12.5 Å². The van der Waals surface area contributed by atoms with Gasteiger partial charge in [0.2, 0.25) is 0 Å². The van der Waals surface area contributed by atoms with Crippen LogP contribution in [0.5, 0.6) is 0 Å². The Morgan fingerprint density at radius 1 is 1.06 bits per heavy atom. The molecule has 0 saturated carbocycles. The van der Waals surface area contributed by atoms with Crippen LogP contribution in [0.25, 0.3) is 0 Å². The van der Waals surface area contributed by atoms with E-state index in [9.17, 15) is 0 Å². The lowest BCUT2D eigenvalue weighted by molar-refractivity contribution is -0.911. The molecule has 0 aliphatic rings. The summed E-state index contributed by atoms with van der Waals surface area (Å²) < 4.78 is 1.18. The van der Waals surface area contributed by atoms with E-state index in [1.54, 1.807) is 0 Å². The molecule has 1 rings (SSSR count). The van der Waals surface area contributed by atoms with Crippen LogP contribution in [0.4, 0.5) is 0 Å². The van der Waals surface area contributed by atoms with Crippen LogP contribution in [0.2, 0.25) is 19.6 Å². The molecule has 0 aliphatic carbocycles. The van der Waals surface area contributed by atoms with Crippen molar-refractivity contribution in [2.75, 3.05) is 19.8 Å². The third kappa shape index (κ3) is 4.50. The first-order valence-corrected chi connectivity index (χ1v) is 9.93. The first-order chi connectivity index (χ1) is 7.35. The quantitative estimate of drug-likeness (QED) is 0.542. The molecule has 90 valence electrons. The van der Waals surface area contributed by atoms with Gasteiger partial charge in [-0.05, 0) is 6.92 Å². The molecule has 0 amide bonds. The SMILES string of the molecule is CC[N+](C)(Cc1ccccc1)C[Si](C)(C)C. The van der Waals surface area contributed by atoms with Crippen LogP contribution < -0.4 is 0 Å². The maximum absolute atomic E-state index is 2.46. The molecule has 0 bridgehead atoms. The van der Waals surface area contributed by atoms with Gasteiger partial charge in [0.05, 0.1) is 19.8 Å². The highest BCUT2D eigenvalue weighted by Gasteiger charge is 2.28. The number of rotatable bonds is 5. The maximum atomic E-state index is 2.46. The van der Waals surface area contributed by atoms with Crippen molar-refractivity contribution in [2.24, 2.45) is 0 Å². The highest BCUT2D eigenvalue weighted by atomic mass is 28.3. The third-order valence-electron chi connectivity index (χ3n) is 3.03. The van der Waals surface area contributed by atoms with Crippen LogP contribution in [0, 0.1) is 0 Å². The van der Waals surface area contributed by atoms with E-state index in [1.807, 2.05) is 0 Å². The summed E-state index contributed by atoms with van der Waals surface area (Å²) in [5.41, 5.74) is 1.46. The molecular formula is C14H26NSi+. The number of nitrogens with zero attached hydrogens (tertiary/aromatic N) is 1. The third-order valence-corrected chi connectivity index (χ3v) is 4.74.